The van der Waals surface area contributed by atoms with Gasteiger partial charge < -0.3 is 10.6 Å². The van der Waals surface area contributed by atoms with Gasteiger partial charge >= 0.3 is 0 Å². The van der Waals surface area contributed by atoms with E-state index < -0.39 is 0 Å². The summed E-state index contributed by atoms with van der Waals surface area (Å²) in [4.78, 5) is 21.2. The number of amides is 1. The van der Waals surface area contributed by atoms with E-state index in [1.165, 1.54) is 5.56 Å². The van der Waals surface area contributed by atoms with Gasteiger partial charge in [-0.1, -0.05) is 29.8 Å². The van der Waals surface area contributed by atoms with Crippen molar-refractivity contribution in [3.63, 3.8) is 0 Å². The lowest BCUT2D eigenvalue weighted by Gasteiger charge is -2.10. The number of carbonyl (C=O) groups excluding carboxylic acids is 1. The number of hydrogen-bond donors (Lipinski definition) is 2. The molecule has 3 rings (SSSR count). The predicted molar refractivity (Wildman–Crippen MR) is 109 cm³/mol. The first kappa shape index (κ1) is 18.9. The van der Waals surface area contributed by atoms with Crippen LogP contribution in [0.4, 0.5) is 11.5 Å². The Kier molecular flexibility index (Phi) is 5.72. The molecular formula is C21H21ClN4O. The van der Waals surface area contributed by atoms with Gasteiger partial charge in [0.2, 0.25) is 0 Å². The van der Waals surface area contributed by atoms with Gasteiger partial charge in [-0.25, -0.2) is 9.97 Å². The minimum absolute atomic E-state index is 0.265. The fourth-order valence-corrected chi connectivity index (χ4v) is 2.71. The molecule has 1 aromatic heterocycles. The van der Waals surface area contributed by atoms with Crippen molar-refractivity contribution >= 4 is 29.0 Å². The summed E-state index contributed by atoms with van der Waals surface area (Å²) in [5, 5.41) is 6.81. The van der Waals surface area contributed by atoms with Crippen LogP contribution in [0, 0.1) is 20.8 Å². The van der Waals surface area contributed by atoms with Crippen LogP contribution < -0.4 is 10.6 Å². The van der Waals surface area contributed by atoms with Crippen LogP contribution in [0.25, 0.3) is 0 Å². The summed E-state index contributed by atoms with van der Waals surface area (Å²) in [6.07, 6.45) is 0. The molecule has 0 aliphatic rings. The standard InChI is InChI=1S/C21H21ClN4O/c1-13-4-9-18(10-14(13)2)26-21(27)19-11-20(25-15(3)24-19)23-12-16-5-7-17(22)8-6-16/h4-11H,12H2,1-3H3,(H,26,27)(H,23,24,25). The third-order valence-corrected chi connectivity index (χ3v) is 4.47. The molecular weight excluding hydrogens is 360 g/mol. The highest BCUT2D eigenvalue weighted by Gasteiger charge is 2.11. The number of aryl methyl sites for hydroxylation is 3. The second kappa shape index (κ2) is 8.18. The number of halogens is 1. The summed E-state index contributed by atoms with van der Waals surface area (Å²) >= 11 is 5.90. The molecule has 0 radical (unpaired) electrons. The number of hydrogen-bond acceptors (Lipinski definition) is 4. The molecule has 0 atom stereocenters. The van der Waals surface area contributed by atoms with Crippen LogP contribution in [-0.4, -0.2) is 15.9 Å². The molecule has 0 unspecified atom stereocenters. The van der Waals surface area contributed by atoms with Crippen LogP contribution in [0.15, 0.2) is 48.5 Å². The Bertz CT molecular complexity index is 970. The maximum atomic E-state index is 12.6. The van der Waals surface area contributed by atoms with Crippen molar-refractivity contribution < 1.29 is 4.79 Å². The van der Waals surface area contributed by atoms with Crippen molar-refractivity contribution in [2.24, 2.45) is 0 Å². The molecule has 6 heteroatoms. The first-order valence-electron chi connectivity index (χ1n) is 8.63. The molecule has 0 aliphatic heterocycles. The van der Waals surface area contributed by atoms with Crippen molar-refractivity contribution in [3.05, 3.63) is 81.8 Å². The third kappa shape index (κ3) is 5.05. The van der Waals surface area contributed by atoms with Crippen molar-refractivity contribution in [3.8, 4) is 0 Å². The molecule has 0 saturated heterocycles. The highest BCUT2D eigenvalue weighted by Crippen LogP contribution is 2.16. The minimum atomic E-state index is -0.265. The molecule has 2 N–H and O–H groups in total. The summed E-state index contributed by atoms with van der Waals surface area (Å²) < 4.78 is 0. The van der Waals surface area contributed by atoms with E-state index in [1.54, 1.807) is 13.0 Å². The fraction of sp³-hybridized carbons (Fsp3) is 0.190. The number of carbonyl (C=O) groups is 1. The highest BCUT2D eigenvalue weighted by atomic mass is 35.5. The Labute approximate surface area is 163 Å². The average molecular weight is 381 g/mol. The van der Waals surface area contributed by atoms with Crippen LogP contribution in [0.1, 0.15) is 33.0 Å². The van der Waals surface area contributed by atoms with E-state index in [-0.39, 0.29) is 5.91 Å². The van der Waals surface area contributed by atoms with E-state index in [9.17, 15) is 4.79 Å². The van der Waals surface area contributed by atoms with E-state index in [0.29, 0.717) is 28.9 Å². The second-order valence-electron chi connectivity index (χ2n) is 6.42. The average Bonchev–Trinajstić information content (AvgIpc) is 2.64. The number of benzene rings is 2. The molecule has 0 spiro atoms. The topological polar surface area (TPSA) is 66.9 Å². The maximum Gasteiger partial charge on any atom is 0.274 e. The second-order valence-corrected chi connectivity index (χ2v) is 6.86. The maximum absolute atomic E-state index is 12.6. The van der Waals surface area contributed by atoms with E-state index in [4.69, 9.17) is 11.6 Å². The minimum Gasteiger partial charge on any atom is -0.366 e. The summed E-state index contributed by atoms with van der Waals surface area (Å²) in [6.45, 7) is 6.39. The molecule has 3 aromatic rings. The van der Waals surface area contributed by atoms with Crippen molar-refractivity contribution in [1.29, 1.82) is 0 Å². The van der Waals surface area contributed by atoms with E-state index in [0.717, 1.165) is 16.8 Å². The van der Waals surface area contributed by atoms with Gasteiger partial charge in [0.15, 0.2) is 0 Å². The van der Waals surface area contributed by atoms with E-state index >= 15 is 0 Å². The van der Waals surface area contributed by atoms with E-state index in [2.05, 4.69) is 20.6 Å². The third-order valence-electron chi connectivity index (χ3n) is 4.22. The summed E-state index contributed by atoms with van der Waals surface area (Å²) in [5.41, 5.74) is 4.43. The van der Waals surface area contributed by atoms with Gasteiger partial charge in [-0.2, -0.15) is 0 Å². The highest BCUT2D eigenvalue weighted by molar-refractivity contribution is 6.30. The molecule has 1 amide bonds. The Morgan fingerprint density at radius 3 is 2.41 bits per heavy atom. The van der Waals surface area contributed by atoms with Crippen LogP contribution in [0.3, 0.4) is 0 Å². The van der Waals surface area contributed by atoms with Crippen molar-refractivity contribution in [2.45, 2.75) is 27.3 Å². The monoisotopic (exact) mass is 380 g/mol. The van der Waals surface area contributed by atoms with Crippen LogP contribution >= 0.6 is 11.6 Å². The Morgan fingerprint density at radius 1 is 0.963 bits per heavy atom. The first-order valence-corrected chi connectivity index (χ1v) is 9.01. The summed E-state index contributed by atoms with van der Waals surface area (Å²) in [6, 6.07) is 15.0. The molecule has 138 valence electrons. The van der Waals surface area contributed by atoms with Crippen molar-refractivity contribution in [1.82, 2.24) is 9.97 Å². The molecule has 0 bridgehead atoms. The largest absolute Gasteiger partial charge is 0.366 e. The van der Waals surface area contributed by atoms with Gasteiger partial charge in [-0.3, -0.25) is 4.79 Å². The van der Waals surface area contributed by atoms with Gasteiger partial charge in [-0.15, -0.1) is 0 Å². The number of nitrogens with zero attached hydrogens (tertiary/aromatic N) is 2. The van der Waals surface area contributed by atoms with Gasteiger partial charge in [0, 0.05) is 23.3 Å². The van der Waals surface area contributed by atoms with Crippen LogP contribution in [-0.2, 0) is 6.54 Å². The summed E-state index contributed by atoms with van der Waals surface area (Å²) in [7, 11) is 0. The van der Waals surface area contributed by atoms with Gasteiger partial charge in [-0.05, 0) is 61.7 Å². The summed E-state index contributed by atoms with van der Waals surface area (Å²) in [5.74, 6) is 0.863. The quantitative estimate of drug-likeness (QED) is 0.659. The molecule has 5 nitrogen and oxygen atoms in total. The molecule has 1 heterocycles. The Balaban J connectivity index is 1.72. The Hall–Kier alpha value is -2.92. The number of anilines is 2. The van der Waals surface area contributed by atoms with Gasteiger partial charge in [0.1, 0.15) is 17.3 Å². The SMILES string of the molecule is Cc1nc(NCc2ccc(Cl)cc2)cc(C(=O)Nc2ccc(C)c(C)c2)n1. The smallest absolute Gasteiger partial charge is 0.274 e. The van der Waals surface area contributed by atoms with Gasteiger partial charge in [0.05, 0.1) is 0 Å². The lowest BCUT2D eigenvalue weighted by Crippen LogP contribution is -2.16. The van der Waals surface area contributed by atoms with E-state index in [1.807, 2.05) is 56.3 Å². The normalized spacial score (nSPS) is 10.5. The van der Waals surface area contributed by atoms with Crippen LogP contribution in [0.5, 0.6) is 0 Å². The molecule has 0 fully saturated rings. The Morgan fingerprint density at radius 2 is 1.70 bits per heavy atom. The van der Waals surface area contributed by atoms with Crippen molar-refractivity contribution in [2.75, 3.05) is 10.6 Å². The lowest BCUT2D eigenvalue weighted by molar-refractivity contribution is 0.102. The first-order chi connectivity index (χ1) is 12.9. The zero-order valence-electron chi connectivity index (χ0n) is 15.5. The van der Waals surface area contributed by atoms with Crippen LogP contribution in [0.2, 0.25) is 5.02 Å². The lowest BCUT2D eigenvalue weighted by atomic mass is 10.1. The zero-order valence-corrected chi connectivity index (χ0v) is 16.3. The fourth-order valence-electron chi connectivity index (χ4n) is 2.58. The molecule has 2 aromatic carbocycles. The molecule has 27 heavy (non-hydrogen) atoms. The molecule has 0 aliphatic carbocycles. The number of nitrogens with one attached hydrogen (secondary N) is 2. The zero-order chi connectivity index (χ0) is 19.4. The van der Waals surface area contributed by atoms with Gasteiger partial charge in [0.25, 0.3) is 5.91 Å². The number of aromatic nitrogens is 2. The predicted octanol–water partition coefficient (Wildman–Crippen LogP) is 4.92. The number of rotatable bonds is 5. The molecule has 0 saturated carbocycles.